The molecule has 3 aromatic rings. The summed E-state index contributed by atoms with van der Waals surface area (Å²) in [5, 5.41) is 22.4. The van der Waals surface area contributed by atoms with Gasteiger partial charge in [0.25, 0.3) is 0 Å². The topological polar surface area (TPSA) is 70.6 Å². The number of phenolic OH excluding ortho intramolecular Hbond substituents is 1. The van der Waals surface area contributed by atoms with Gasteiger partial charge in [0, 0.05) is 30.2 Å². The fourth-order valence-corrected chi connectivity index (χ4v) is 2.96. The van der Waals surface area contributed by atoms with Crippen LogP contribution in [-0.4, -0.2) is 25.6 Å². The van der Waals surface area contributed by atoms with E-state index in [4.69, 9.17) is 5.21 Å². The minimum atomic E-state index is 0.129. The van der Waals surface area contributed by atoms with Crippen molar-refractivity contribution in [1.29, 1.82) is 0 Å². The third-order valence-corrected chi connectivity index (χ3v) is 3.86. The van der Waals surface area contributed by atoms with Crippen molar-refractivity contribution in [2.75, 3.05) is 0 Å². The molecule has 0 aliphatic carbocycles. The smallest absolute Gasteiger partial charge is 0.141 e. The van der Waals surface area contributed by atoms with Gasteiger partial charge in [-0.05, 0) is 6.07 Å². The highest BCUT2D eigenvalue weighted by Crippen LogP contribution is 2.33. The molecule has 2 aromatic carbocycles. The molecule has 1 aliphatic rings. The maximum absolute atomic E-state index is 9.86. The van der Waals surface area contributed by atoms with E-state index in [2.05, 4.69) is 14.7 Å². The second-order valence-electron chi connectivity index (χ2n) is 5.11. The molecule has 0 atom stereocenters. The Hall–Kier alpha value is -2.82. The van der Waals surface area contributed by atoms with Crippen molar-refractivity contribution in [3.63, 3.8) is 0 Å². The predicted molar refractivity (Wildman–Crippen MR) is 79.8 cm³/mol. The summed E-state index contributed by atoms with van der Waals surface area (Å²) >= 11 is 0. The van der Waals surface area contributed by atoms with Crippen molar-refractivity contribution in [2.24, 2.45) is 5.16 Å². The lowest BCUT2D eigenvalue weighted by Gasteiger charge is -2.17. The van der Waals surface area contributed by atoms with E-state index in [1.807, 2.05) is 30.3 Å². The number of aryl methyl sites for hydroxylation is 1. The van der Waals surface area contributed by atoms with Gasteiger partial charge < -0.3 is 14.9 Å². The number of hydrogen-bond donors (Lipinski definition) is 2. The predicted octanol–water partition coefficient (Wildman–Crippen LogP) is 2.99. The highest BCUT2D eigenvalue weighted by molar-refractivity contribution is 6.11. The summed E-state index contributed by atoms with van der Waals surface area (Å²) in [4.78, 5) is 4.65. The van der Waals surface area contributed by atoms with Gasteiger partial charge in [-0.1, -0.05) is 35.5 Å². The molecule has 21 heavy (non-hydrogen) atoms. The van der Waals surface area contributed by atoms with Gasteiger partial charge in [0.2, 0.25) is 0 Å². The van der Waals surface area contributed by atoms with Crippen LogP contribution in [0.3, 0.4) is 0 Å². The molecule has 2 heterocycles. The Morgan fingerprint density at radius 1 is 1.14 bits per heavy atom. The molecule has 1 aromatic heterocycles. The van der Waals surface area contributed by atoms with Gasteiger partial charge in [0.15, 0.2) is 0 Å². The summed E-state index contributed by atoms with van der Waals surface area (Å²) in [6.07, 6.45) is 0.609. The van der Waals surface area contributed by atoms with E-state index in [-0.39, 0.29) is 5.75 Å². The molecule has 0 saturated heterocycles. The molecule has 0 fully saturated rings. The zero-order chi connectivity index (χ0) is 14.4. The number of nitrogens with zero attached hydrogens (tertiary/aromatic N) is 3. The van der Waals surface area contributed by atoms with E-state index >= 15 is 0 Å². The Bertz CT molecular complexity index is 866. The van der Waals surface area contributed by atoms with Gasteiger partial charge in [-0.3, -0.25) is 0 Å². The summed E-state index contributed by atoms with van der Waals surface area (Å²) in [6, 6.07) is 13.2. The standard InChI is InChI=1S/C16H13N3O2/c20-11-8-12-13(18-21)6-7-19-15(12)14(9-11)17-16(19)10-4-2-1-3-5-10/h1-5,8-9,20-21H,6-7H2/b18-13+. The van der Waals surface area contributed by atoms with Crippen molar-refractivity contribution in [3.8, 4) is 17.1 Å². The molecule has 1 aliphatic heterocycles. The van der Waals surface area contributed by atoms with Crippen LogP contribution in [0.4, 0.5) is 0 Å². The van der Waals surface area contributed by atoms with Crippen LogP contribution in [0.25, 0.3) is 22.4 Å². The monoisotopic (exact) mass is 279 g/mol. The largest absolute Gasteiger partial charge is 0.508 e. The molecule has 0 bridgehead atoms. The summed E-state index contributed by atoms with van der Waals surface area (Å²) in [5.41, 5.74) is 3.98. The number of aromatic hydroxyl groups is 1. The van der Waals surface area contributed by atoms with Crippen molar-refractivity contribution in [1.82, 2.24) is 9.55 Å². The Morgan fingerprint density at radius 2 is 1.95 bits per heavy atom. The lowest BCUT2D eigenvalue weighted by molar-refractivity contribution is 0.317. The third kappa shape index (κ3) is 1.71. The highest BCUT2D eigenvalue weighted by Gasteiger charge is 2.23. The number of benzene rings is 2. The van der Waals surface area contributed by atoms with Gasteiger partial charge in [-0.15, -0.1) is 0 Å². The number of imidazole rings is 1. The SMILES string of the molecule is O/N=C1\CCn2c(-c3ccccc3)nc3cc(O)cc1c32. The van der Waals surface area contributed by atoms with Crippen molar-refractivity contribution in [2.45, 2.75) is 13.0 Å². The lowest BCUT2D eigenvalue weighted by Crippen LogP contribution is -2.15. The van der Waals surface area contributed by atoms with E-state index in [0.29, 0.717) is 24.2 Å². The first-order valence-corrected chi connectivity index (χ1v) is 6.78. The molecule has 0 unspecified atom stereocenters. The number of aromatic nitrogens is 2. The normalized spacial score (nSPS) is 15.7. The first-order chi connectivity index (χ1) is 10.3. The van der Waals surface area contributed by atoms with Crippen molar-refractivity contribution in [3.05, 3.63) is 48.0 Å². The summed E-state index contributed by atoms with van der Waals surface area (Å²) in [7, 11) is 0. The second-order valence-corrected chi connectivity index (χ2v) is 5.11. The van der Waals surface area contributed by atoms with E-state index < -0.39 is 0 Å². The molecule has 2 N–H and O–H groups in total. The Balaban J connectivity index is 2.08. The lowest BCUT2D eigenvalue weighted by atomic mass is 10.0. The molecule has 4 rings (SSSR count). The van der Waals surface area contributed by atoms with Crippen LogP contribution in [0.5, 0.6) is 5.75 Å². The van der Waals surface area contributed by atoms with Crippen LogP contribution in [0, 0.1) is 0 Å². The molecule has 5 heteroatoms. The van der Waals surface area contributed by atoms with Gasteiger partial charge in [0.1, 0.15) is 11.6 Å². The van der Waals surface area contributed by atoms with Gasteiger partial charge in [0.05, 0.1) is 16.7 Å². The van der Waals surface area contributed by atoms with Crippen molar-refractivity contribution >= 4 is 16.7 Å². The zero-order valence-electron chi connectivity index (χ0n) is 11.2. The van der Waals surface area contributed by atoms with Crippen LogP contribution in [0.2, 0.25) is 0 Å². The maximum Gasteiger partial charge on any atom is 0.141 e. The van der Waals surface area contributed by atoms with Crippen LogP contribution in [0.15, 0.2) is 47.6 Å². The molecular formula is C16H13N3O2. The van der Waals surface area contributed by atoms with E-state index in [9.17, 15) is 5.11 Å². The van der Waals surface area contributed by atoms with Gasteiger partial charge >= 0.3 is 0 Å². The van der Waals surface area contributed by atoms with Gasteiger partial charge in [-0.2, -0.15) is 0 Å². The number of oxime groups is 1. The van der Waals surface area contributed by atoms with E-state index in [1.54, 1.807) is 12.1 Å². The van der Waals surface area contributed by atoms with Gasteiger partial charge in [-0.25, -0.2) is 4.98 Å². The summed E-state index contributed by atoms with van der Waals surface area (Å²) in [6.45, 7) is 0.706. The molecule has 0 amide bonds. The Morgan fingerprint density at radius 3 is 2.71 bits per heavy atom. The zero-order valence-corrected chi connectivity index (χ0v) is 11.2. The fourth-order valence-electron chi connectivity index (χ4n) is 2.96. The third-order valence-electron chi connectivity index (χ3n) is 3.86. The molecule has 5 nitrogen and oxygen atoms in total. The van der Waals surface area contributed by atoms with Crippen LogP contribution in [-0.2, 0) is 6.54 Å². The number of rotatable bonds is 1. The minimum Gasteiger partial charge on any atom is -0.508 e. The average molecular weight is 279 g/mol. The second kappa shape index (κ2) is 4.34. The minimum absolute atomic E-state index is 0.129. The number of phenols is 1. The fraction of sp³-hybridized carbons (Fsp3) is 0.125. The average Bonchev–Trinajstić information content (AvgIpc) is 2.88. The van der Waals surface area contributed by atoms with Crippen molar-refractivity contribution < 1.29 is 10.3 Å². The van der Waals surface area contributed by atoms with Crippen LogP contribution >= 0.6 is 0 Å². The Kier molecular flexibility index (Phi) is 2.47. The van der Waals surface area contributed by atoms with E-state index in [1.165, 1.54) is 0 Å². The Labute approximate surface area is 120 Å². The first kappa shape index (κ1) is 12.0. The number of hydrogen-bond acceptors (Lipinski definition) is 4. The molecule has 0 saturated carbocycles. The van der Waals surface area contributed by atoms with E-state index in [0.717, 1.165) is 22.5 Å². The molecule has 0 radical (unpaired) electrons. The maximum atomic E-state index is 9.86. The summed E-state index contributed by atoms with van der Waals surface area (Å²) in [5.74, 6) is 0.999. The molecule has 104 valence electrons. The summed E-state index contributed by atoms with van der Waals surface area (Å²) < 4.78 is 2.12. The first-order valence-electron chi connectivity index (χ1n) is 6.78. The molecule has 0 spiro atoms. The highest BCUT2D eigenvalue weighted by atomic mass is 16.4. The van der Waals surface area contributed by atoms with Crippen LogP contribution < -0.4 is 0 Å². The quantitative estimate of drug-likeness (QED) is 0.531. The van der Waals surface area contributed by atoms with Crippen LogP contribution in [0.1, 0.15) is 12.0 Å². The molecular weight excluding hydrogens is 266 g/mol.